The summed E-state index contributed by atoms with van der Waals surface area (Å²) in [4.78, 5) is 6.94. The van der Waals surface area contributed by atoms with Crippen LogP contribution in [0.2, 0.25) is 0 Å². The summed E-state index contributed by atoms with van der Waals surface area (Å²) in [5, 5.41) is 6.45. The van der Waals surface area contributed by atoms with Gasteiger partial charge >= 0.3 is 0 Å². The van der Waals surface area contributed by atoms with Crippen molar-refractivity contribution < 1.29 is 4.74 Å². The summed E-state index contributed by atoms with van der Waals surface area (Å²) in [6.07, 6.45) is 1.30. The summed E-state index contributed by atoms with van der Waals surface area (Å²) in [6.45, 7) is 5.74. The Morgan fingerprint density at radius 2 is 2.56 bits per heavy atom. The average Bonchev–Trinajstić information content (AvgIpc) is 2.78. The van der Waals surface area contributed by atoms with Gasteiger partial charge in [-0.1, -0.05) is 6.92 Å². The second kappa shape index (κ2) is 5.61. The molecule has 0 amide bonds. The highest BCUT2D eigenvalue weighted by molar-refractivity contribution is 7.13. The summed E-state index contributed by atoms with van der Waals surface area (Å²) < 4.78 is 5.68. The highest BCUT2D eigenvalue weighted by atomic mass is 32.1. The first-order chi connectivity index (χ1) is 7.83. The van der Waals surface area contributed by atoms with Crippen LogP contribution in [0.4, 0.5) is 5.13 Å². The van der Waals surface area contributed by atoms with Gasteiger partial charge in [0.15, 0.2) is 5.13 Å². The molecular formula is C11H19N3OS. The zero-order valence-corrected chi connectivity index (χ0v) is 10.7. The van der Waals surface area contributed by atoms with Crippen LogP contribution in [0, 0.1) is 0 Å². The maximum absolute atomic E-state index is 5.68. The number of nitrogens with zero attached hydrogens (tertiary/aromatic N) is 2. The predicted molar refractivity (Wildman–Crippen MR) is 67.4 cm³/mol. The number of hydrogen-bond donors (Lipinski definition) is 1. The van der Waals surface area contributed by atoms with Crippen molar-refractivity contribution >= 4 is 16.5 Å². The first-order valence-corrected chi connectivity index (χ1v) is 6.67. The van der Waals surface area contributed by atoms with Crippen LogP contribution in [0.3, 0.4) is 0 Å². The fourth-order valence-electron chi connectivity index (χ4n) is 1.85. The molecule has 0 aromatic carbocycles. The Bertz CT molecular complexity index is 327. The van der Waals surface area contributed by atoms with Crippen LogP contribution in [-0.4, -0.2) is 44.4 Å². The fraction of sp³-hybridized carbons (Fsp3) is 0.727. The van der Waals surface area contributed by atoms with Gasteiger partial charge in [-0.05, 0) is 13.5 Å². The minimum atomic E-state index is 0.285. The molecule has 5 heteroatoms. The maximum Gasteiger partial charge on any atom is 0.185 e. The van der Waals surface area contributed by atoms with Crippen molar-refractivity contribution in [2.24, 2.45) is 0 Å². The molecule has 1 aromatic rings. The van der Waals surface area contributed by atoms with Gasteiger partial charge in [-0.3, -0.25) is 0 Å². The summed E-state index contributed by atoms with van der Waals surface area (Å²) in [7, 11) is 1.96. The van der Waals surface area contributed by atoms with E-state index in [1.54, 1.807) is 11.3 Å². The van der Waals surface area contributed by atoms with Crippen molar-refractivity contribution in [2.45, 2.75) is 19.4 Å². The van der Waals surface area contributed by atoms with Crippen LogP contribution in [0.25, 0.3) is 0 Å². The Balaban J connectivity index is 1.98. The lowest BCUT2D eigenvalue weighted by Crippen LogP contribution is -2.46. The SMILES string of the molecule is CCc1csc(N2CCOC(CNC)C2)n1. The molecule has 0 saturated carbocycles. The average molecular weight is 241 g/mol. The molecule has 1 saturated heterocycles. The molecule has 1 aromatic heterocycles. The normalized spacial score (nSPS) is 21.4. The monoisotopic (exact) mass is 241 g/mol. The first-order valence-electron chi connectivity index (χ1n) is 5.79. The third-order valence-electron chi connectivity index (χ3n) is 2.74. The maximum atomic E-state index is 5.68. The van der Waals surface area contributed by atoms with E-state index in [2.05, 4.69) is 27.5 Å². The van der Waals surface area contributed by atoms with Gasteiger partial charge in [0.05, 0.1) is 18.4 Å². The quantitative estimate of drug-likeness (QED) is 0.857. The van der Waals surface area contributed by atoms with Gasteiger partial charge in [-0.25, -0.2) is 4.98 Å². The van der Waals surface area contributed by atoms with E-state index < -0.39 is 0 Å². The number of rotatable bonds is 4. The van der Waals surface area contributed by atoms with Crippen LogP contribution in [0.15, 0.2) is 5.38 Å². The number of nitrogens with one attached hydrogen (secondary N) is 1. The fourth-order valence-corrected chi connectivity index (χ4v) is 2.79. The van der Waals surface area contributed by atoms with Crippen LogP contribution < -0.4 is 10.2 Å². The molecule has 1 aliphatic heterocycles. The molecule has 2 rings (SSSR count). The number of morpholine rings is 1. The Labute approximate surface area is 101 Å². The lowest BCUT2D eigenvalue weighted by atomic mass is 10.3. The summed E-state index contributed by atoms with van der Waals surface area (Å²) in [5.41, 5.74) is 1.19. The third kappa shape index (κ3) is 2.72. The van der Waals surface area contributed by atoms with Gasteiger partial charge in [-0.2, -0.15) is 0 Å². The van der Waals surface area contributed by atoms with Crippen LogP contribution in [0.5, 0.6) is 0 Å². The van der Waals surface area contributed by atoms with Gasteiger partial charge in [-0.15, -0.1) is 11.3 Å². The number of ether oxygens (including phenoxy) is 1. The molecule has 0 bridgehead atoms. The van der Waals surface area contributed by atoms with Gasteiger partial charge in [0, 0.05) is 25.0 Å². The van der Waals surface area contributed by atoms with E-state index in [1.165, 1.54) is 5.69 Å². The van der Waals surface area contributed by atoms with Crippen molar-refractivity contribution in [1.82, 2.24) is 10.3 Å². The minimum Gasteiger partial charge on any atom is -0.373 e. The Hall–Kier alpha value is -0.650. The second-order valence-electron chi connectivity index (χ2n) is 3.97. The summed E-state index contributed by atoms with van der Waals surface area (Å²) in [6, 6.07) is 0. The number of anilines is 1. The summed E-state index contributed by atoms with van der Waals surface area (Å²) in [5.74, 6) is 0. The van der Waals surface area contributed by atoms with Crippen molar-refractivity contribution in [2.75, 3.05) is 38.2 Å². The first kappa shape index (κ1) is 11.8. The van der Waals surface area contributed by atoms with Crippen molar-refractivity contribution in [1.29, 1.82) is 0 Å². The summed E-state index contributed by atoms with van der Waals surface area (Å²) >= 11 is 1.74. The van der Waals surface area contributed by atoms with Gasteiger partial charge < -0.3 is 15.0 Å². The van der Waals surface area contributed by atoms with Crippen LogP contribution in [0.1, 0.15) is 12.6 Å². The molecule has 1 aliphatic rings. The molecule has 4 nitrogen and oxygen atoms in total. The molecular weight excluding hydrogens is 222 g/mol. The van der Waals surface area contributed by atoms with E-state index >= 15 is 0 Å². The lowest BCUT2D eigenvalue weighted by Gasteiger charge is -2.32. The molecule has 0 radical (unpaired) electrons. The third-order valence-corrected chi connectivity index (χ3v) is 3.69. The largest absolute Gasteiger partial charge is 0.373 e. The van der Waals surface area contributed by atoms with Crippen LogP contribution in [-0.2, 0) is 11.2 Å². The van der Waals surface area contributed by atoms with Gasteiger partial charge in [0.25, 0.3) is 0 Å². The molecule has 1 N–H and O–H groups in total. The van der Waals surface area contributed by atoms with Crippen molar-refractivity contribution in [3.8, 4) is 0 Å². The van der Waals surface area contributed by atoms with Crippen LogP contribution >= 0.6 is 11.3 Å². The minimum absolute atomic E-state index is 0.285. The van der Waals surface area contributed by atoms with Gasteiger partial charge in [0.2, 0.25) is 0 Å². The molecule has 0 spiro atoms. The molecule has 1 atom stereocenters. The zero-order valence-electron chi connectivity index (χ0n) is 9.90. The van der Waals surface area contributed by atoms with E-state index in [-0.39, 0.29) is 6.10 Å². The van der Waals surface area contributed by atoms with Crippen molar-refractivity contribution in [3.63, 3.8) is 0 Å². The number of thiazole rings is 1. The Morgan fingerprint density at radius 1 is 1.69 bits per heavy atom. The molecule has 1 fully saturated rings. The molecule has 2 heterocycles. The number of aromatic nitrogens is 1. The van der Waals surface area contributed by atoms with E-state index in [4.69, 9.17) is 4.74 Å². The molecule has 16 heavy (non-hydrogen) atoms. The smallest absolute Gasteiger partial charge is 0.185 e. The van der Waals surface area contributed by atoms with E-state index in [9.17, 15) is 0 Å². The zero-order chi connectivity index (χ0) is 11.4. The molecule has 1 unspecified atom stereocenters. The highest BCUT2D eigenvalue weighted by Gasteiger charge is 2.21. The second-order valence-corrected chi connectivity index (χ2v) is 4.81. The standard InChI is InChI=1S/C11H19N3OS/c1-3-9-8-16-11(13-9)14-4-5-15-10(7-14)6-12-2/h8,10,12H,3-7H2,1-2H3. The number of hydrogen-bond acceptors (Lipinski definition) is 5. The topological polar surface area (TPSA) is 37.4 Å². The van der Waals surface area contributed by atoms with Crippen molar-refractivity contribution in [3.05, 3.63) is 11.1 Å². The molecule has 90 valence electrons. The molecule has 0 aliphatic carbocycles. The van der Waals surface area contributed by atoms with E-state index in [1.807, 2.05) is 7.05 Å². The number of aryl methyl sites for hydroxylation is 1. The highest BCUT2D eigenvalue weighted by Crippen LogP contribution is 2.22. The predicted octanol–water partition coefficient (Wildman–Crippen LogP) is 1.13. The Kier molecular flexibility index (Phi) is 4.15. The van der Waals surface area contributed by atoms with E-state index in [0.29, 0.717) is 0 Å². The van der Waals surface area contributed by atoms with Gasteiger partial charge in [0.1, 0.15) is 0 Å². The number of likely N-dealkylation sites (N-methyl/N-ethyl adjacent to an activating group) is 1. The lowest BCUT2D eigenvalue weighted by molar-refractivity contribution is 0.0421. The Morgan fingerprint density at radius 3 is 3.25 bits per heavy atom. The van der Waals surface area contributed by atoms with E-state index in [0.717, 1.165) is 37.8 Å².